The van der Waals surface area contributed by atoms with Crippen molar-refractivity contribution in [3.05, 3.63) is 35.9 Å². The van der Waals surface area contributed by atoms with E-state index in [0.29, 0.717) is 6.42 Å². The molecular weight excluding hydrogens is 238 g/mol. The van der Waals surface area contributed by atoms with Crippen molar-refractivity contribution in [1.29, 1.82) is 0 Å². The van der Waals surface area contributed by atoms with Crippen LogP contribution in [0.15, 0.2) is 30.3 Å². The number of hydrogen-bond acceptors (Lipinski definition) is 3. The van der Waals surface area contributed by atoms with Crippen molar-refractivity contribution in [1.82, 2.24) is 4.72 Å². The number of aliphatic hydroxyl groups excluding tert-OH is 1. The molecule has 0 aliphatic heterocycles. The maximum atomic E-state index is 11.8. The Morgan fingerprint density at radius 3 is 2.35 bits per heavy atom. The largest absolute Gasteiger partial charge is 0.394 e. The highest BCUT2D eigenvalue weighted by atomic mass is 32.2. The smallest absolute Gasteiger partial charge is 0.212 e. The number of rotatable bonds is 6. The van der Waals surface area contributed by atoms with Gasteiger partial charge in [-0.1, -0.05) is 37.3 Å². The number of sulfonamides is 1. The molecule has 17 heavy (non-hydrogen) atoms. The van der Waals surface area contributed by atoms with Crippen LogP contribution in [-0.4, -0.2) is 25.9 Å². The second-order valence-electron chi connectivity index (χ2n) is 4.28. The molecule has 1 atom stereocenters. The zero-order valence-electron chi connectivity index (χ0n) is 10.2. The zero-order chi connectivity index (χ0) is 12.9. The molecule has 0 radical (unpaired) electrons. The summed E-state index contributed by atoms with van der Waals surface area (Å²) in [4.78, 5) is 0. The Balaban J connectivity index is 2.98. The fourth-order valence-corrected chi connectivity index (χ4v) is 3.16. The maximum Gasteiger partial charge on any atom is 0.212 e. The first-order valence-corrected chi connectivity index (χ1v) is 7.27. The average Bonchev–Trinajstić information content (AvgIpc) is 2.29. The van der Waals surface area contributed by atoms with E-state index in [2.05, 4.69) is 4.72 Å². The van der Waals surface area contributed by atoms with Crippen LogP contribution < -0.4 is 4.72 Å². The van der Waals surface area contributed by atoms with Gasteiger partial charge in [-0.2, -0.15) is 0 Å². The lowest BCUT2D eigenvalue weighted by molar-refractivity contribution is 0.196. The summed E-state index contributed by atoms with van der Waals surface area (Å²) in [5, 5.41) is 9.44. The second-order valence-corrected chi connectivity index (χ2v) is 6.12. The number of aliphatic hydroxyl groups is 1. The molecule has 96 valence electrons. The molecule has 1 aromatic rings. The van der Waals surface area contributed by atoms with Crippen LogP contribution in [0.2, 0.25) is 0 Å². The summed E-state index contributed by atoms with van der Waals surface area (Å²) in [5.74, 6) is 0.0649. The van der Waals surface area contributed by atoms with Crippen molar-refractivity contribution in [2.45, 2.75) is 25.8 Å². The highest BCUT2D eigenvalue weighted by Gasteiger charge is 2.30. The van der Waals surface area contributed by atoms with Crippen LogP contribution in [0.3, 0.4) is 0 Å². The molecule has 0 bridgehead atoms. The monoisotopic (exact) mass is 257 g/mol. The fourth-order valence-electron chi connectivity index (χ4n) is 1.65. The lowest BCUT2D eigenvalue weighted by atomic mass is 9.94. The van der Waals surface area contributed by atoms with E-state index in [4.69, 9.17) is 0 Å². The molecule has 1 unspecified atom stereocenters. The summed E-state index contributed by atoms with van der Waals surface area (Å²) in [6.45, 7) is 3.20. The van der Waals surface area contributed by atoms with Crippen molar-refractivity contribution in [3.63, 3.8) is 0 Å². The second kappa shape index (κ2) is 5.62. The molecule has 0 spiro atoms. The molecule has 1 rings (SSSR count). The Morgan fingerprint density at radius 2 is 1.88 bits per heavy atom. The van der Waals surface area contributed by atoms with Crippen LogP contribution in [0, 0.1) is 0 Å². The van der Waals surface area contributed by atoms with Crippen LogP contribution in [0.25, 0.3) is 0 Å². The van der Waals surface area contributed by atoms with Gasteiger partial charge < -0.3 is 5.11 Å². The molecule has 4 nitrogen and oxygen atoms in total. The summed E-state index contributed by atoms with van der Waals surface area (Å²) in [6, 6.07) is 9.08. The predicted molar refractivity (Wildman–Crippen MR) is 68.1 cm³/mol. The molecule has 0 aliphatic rings. The van der Waals surface area contributed by atoms with Gasteiger partial charge in [0.25, 0.3) is 0 Å². The van der Waals surface area contributed by atoms with Gasteiger partial charge in [0.15, 0.2) is 0 Å². The van der Waals surface area contributed by atoms with Crippen LogP contribution in [0.4, 0.5) is 0 Å². The quantitative estimate of drug-likeness (QED) is 0.805. The van der Waals surface area contributed by atoms with Gasteiger partial charge in [-0.3, -0.25) is 0 Å². The highest BCUT2D eigenvalue weighted by molar-refractivity contribution is 7.89. The minimum Gasteiger partial charge on any atom is -0.394 e. The molecule has 5 heteroatoms. The SMILES string of the molecule is CCCS(=O)(=O)NC(C)(CO)c1ccccc1. The van der Waals surface area contributed by atoms with Crippen molar-refractivity contribution in [2.75, 3.05) is 12.4 Å². The fraction of sp³-hybridized carbons (Fsp3) is 0.500. The van der Waals surface area contributed by atoms with E-state index in [9.17, 15) is 13.5 Å². The highest BCUT2D eigenvalue weighted by Crippen LogP contribution is 2.21. The Bertz CT molecular complexity index is 444. The van der Waals surface area contributed by atoms with Crippen molar-refractivity contribution in [3.8, 4) is 0 Å². The molecule has 0 fully saturated rings. The summed E-state index contributed by atoms with van der Waals surface area (Å²) < 4.78 is 26.1. The van der Waals surface area contributed by atoms with E-state index in [1.807, 2.05) is 18.2 Å². The van der Waals surface area contributed by atoms with E-state index in [1.165, 1.54) is 0 Å². The van der Waals surface area contributed by atoms with E-state index >= 15 is 0 Å². The summed E-state index contributed by atoms with van der Waals surface area (Å²) >= 11 is 0. The van der Waals surface area contributed by atoms with Gasteiger partial charge >= 0.3 is 0 Å². The van der Waals surface area contributed by atoms with Gasteiger partial charge in [0, 0.05) is 0 Å². The Labute approximate surface area is 103 Å². The molecule has 0 aromatic heterocycles. The molecule has 2 N–H and O–H groups in total. The van der Waals surface area contributed by atoms with Crippen molar-refractivity contribution >= 4 is 10.0 Å². The first-order valence-electron chi connectivity index (χ1n) is 5.61. The van der Waals surface area contributed by atoms with Gasteiger partial charge in [-0.25, -0.2) is 13.1 Å². The lowest BCUT2D eigenvalue weighted by Gasteiger charge is -2.28. The third kappa shape index (κ3) is 3.80. The normalized spacial score (nSPS) is 15.5. The molecule has 0 amide bonds. The van der Waals surface area contributed by atoms with Gasteiger partial charge in [-0.05, 0) is 18.9 Å². The molecule has 0 saturated carbocycles. The third-order valence-electron chi connectivity index (χ3n) is 2.58. The number of benzene rings is 1. The Kier molecular flexibility index (Phi) is 4.68. The predicted octanol–water partition coefficient (Wildman–Crippen LogP) is 1.22. The Morgan fingerprint density at radius 1 is 1.29 bits per heavy atom. The summed E-state index contributed by atoms with van der Waals surface area (Å²) in [5.41, 5.74) is -0.211. The molecular formula is C12H19NO3S. The lowest BCUT2D eigenvalue weighted by Crippen LogP contribution is -2.47. The summed E-state index contributed by atoms with van der Waals surface area (Å²) in [6.07, 6.45) is 0.547. The van der Waals surface area contributed by atoms with E-state index in [0.717, 1.165) is 5.56 Å². The van der Waals surface area contributed by atoms with Gasteiger partial charge in [0.05, 0.1) is 17.9 Å². The van der Waals surface area contributed by atoms with Crippen LogP contribution >= 0.6 is 0 Å². The minimum absolute atomic E-state index is 0.0649. The minimum atomic E-state index is -3.36. The van der Waals surface area contributed by atoms with Crippen LogP contribution in [0.5, 0.6) is 0 Å². The molecule has 1 aromatic carbocycles. The first kappa shape index (κ1) is 14.2. The van der Waals surface area contributed by atoms with Crippen LogP contribution in [0.1, 0.15) is 25.8 Å². The van der Waals surface area contributed by atoms with Crippen molar-refractivity contribution < 1.29 is 13.5 Å². The number of hydrogen-bond donors (Lipinski definition) is 2. The standard InChI is InChI=1S/C12H19NO3S/c1-3-9-17(15,16)13-12(2,10-14)11-7-5-4-6-8-11/h4-8,13-14H,3,9-10H2,1-2H3. The maximum absolute atomic E-state index is 11.8. The number of nitrogens with one attached hydrogen (secondary N) is 1. The molecule has 0 saturated heterocycles. The average molecular weight is 257 g/mol. The van der Waals surface area contributed by atoms with Crippen molar-refractivity contribution in [2.24, 2.45) is 0 Å². The van der Waals surface area contributed by atoms with E-state index < -0.39 is 15.6 Å². The summed E-state index contributed by atoms with van der Waals surface area (Å²) in [7, 11) is -3.36. The van der Waals surface area contributed by atoms with Gasteiger partial charge in [0.1, 0.15) is 0 Å². The third-order valence-corrected chi connectivity index (χ3v) is 4.29. The molecule has 0 aliphatic carbocycles. The van der Waals surface area contributed by atoms with Crippen LogP contribution in [-0.2, 0) is 15.6 Å². The van der Waals surface area contributed by atoms with Gasteiger partial charge in [0.2, 0.25) is 10.0 Å². The topological polar surface area (TPSA) is 66.4 Å². The van der Waals surface area contributed by atoms with Gasteiger partial charge in [-0.15, -0.1) is 0 Å². The first-order chi connectivity index (χ1) is 7.93. The van der Waals surface area contributed by atoms with E-state index in [-0.39, 0.29) is 12.4 Å². The molecule has 0 heterocycles. The Hall–Kier alpha value is -0.910. The zero-order valence-corrected chi connectivity index (χ0v) is 11.0. The van der Waals surface area contributed by atoms with E-state index in [1.54, 1.807) is 26.0 Å².